The normalized spacial score (nSPS) is 15.4. The molecule has 1 atom stereocenters. The average molecular weight is 498 g/mol. The van der Waals surface area contributed by atoms with Gasteiger partial charge in [-0.1, -0.05) is 65.9 Å². The van der Waals surface area contributed by atoms with E-state index in [1.807, 2.05) is 28.9 Å². The number of piperazine rings is 1. The van der Waals surface area contributed by atoms with Gasteiger partial charge in [0.15, 0.2) is 11.0 Å². The molecule has 1 aliphatic heterocycles. The number of benzene rings is 3. The zero-order valence-corrected chi connectivity index (χ0v) is 20.6. The van der Waals surface area contributed by atoms with Gasteiger partial charge < -0.3 is 10.0 Å². The molecule has 36 heavy (non-hydrogen) atoms. The summed E-state index contributed by atoms with van der Waals surface area (Å²) < 4.78 is 3.14. The van der Waals surface area contributed by atoms with Gasteiger partial charge in [-0.3, -0.25) is 4.90 Å². The molecular formula is C27H27N7OS. The minimum Gasteiger partial charge on any atom is -0.508 e. The maximum Gasteiger partial charge on any atom is 0.186 e. The van der Waals surface area contributed by atoms with Crippen LogP contribution in [0.5, 0.6) is 5.75 Å². The van der Waals surface area contributed by atoms with E-state index in [0.29, 0.717) is 6.54 Å². The fourth-order valence-electron chi connectivity index (χ4n) is 4.79. The number of nitrogens with zero attached hydrogens (tertiary/aromatic N) is 7. The van der Waals surface area contributed by atoms with E-state index in [2.05, 4.69) is 67.8 Å². The smallest absolute Gasteiger partial charge is 0.186 e. The molecule has 1 fully saturated rings. The summed E-state index contributed by atoms with van der Waals surface area (Å²) >= 11 is 1.75. The highest BCUT2D eigenvalue weighted by Crippen LogP contribution is 2.32. The summed E-state index contributed by atoms with van der Waals surface area (Å²) in [5.41, 5.74) is 3.38. The van der Waals surface area contributed by atoms with E-state index < -0.39 is 0 Å². The Balaban J connectivity index is 1.24. The lowest BCUT2D eigenvalue weighted by atomic mass is 10.0. The quantitative estimate of drug-likeness (QED) is 0.362. The van der Waals surface area contributed by atoms with Crippen molar-refractivity contribution in [3.63, 3.8) is 0 Å². The number of tetrazole rings is 1. The first kappa shape index (κ1) is 22.6. The van der Waals surface area contributed by atoms with Crippen molar-refractivity contribution in [1.82, 2.24) is 30.1 Å². The molecule has 0 amide bonds. The number of aryl methyl sites for hydroxylation is 2. The van der Waals surface area contributed by atoms with E-state index in [1.165, 1.54) is 10.3 Å². The summed E-state index contributed by atoms with van der Waals surface area (Å²) in [6.45, 7) is 4.16. The number of anilines is 1. The number of phenols is 1. The highest BCUT2D eigenvalue weighted by molar-refractivity contribution is 7.22. The van der Waals surface area contributed by atoms with Gasteiger partial charge >= 0.3 is 0 Å². The van der Waals surface area contributed by atoms with Crippen molar-refractivity contribution < 1.29 is 5.11 Å². The maximum atomic E-state index is 9.89. The third kappa shape index (κ3) is 4.67. The Kier molecular flexibility index (Phi) is 6.31. The number of para-hydroxylation sites is 1. The van der Waals surface area contributed by atoms with Gasteiger partial charge in [-0.05, 0) is 52.2 Å². The van der Waals surface area contributed by atoms with Crippen LogP contribution in [0.1, 0.15) is 23.0 Å². The molecule has 5 aromatic rings. The SMILES string of the molecule is Oc1ccc([C@H](c2nnnn2CCc2ccccc2)N2CCN(c3nc4ccccc4s3)CC2)cc1. The van der Waals surface area contributed by atoms with E-state index in [-0.39, 0.29) is 11.8 Å². The van der Waals surface area contributed by atoms with Crippen molar-refractivity contribution in [3.8, 4) is 5.75 Å². The molecule has 0 saturated carbocycles. The number of hydrogen-bond acceptors (Lipinski definition) is 8. The van der Waals surface area contributed by atoms with Crippen LogP contribution in [0.25, 0.3) is 10.2 Å². The van der Waals surface area contributed by atoms with Crippen molar-refractivity contribution in [2.24, 2.45) is 0 Å². The van der Waals surface area contributed by atoms with Gasteiger partial charge in [-0.15, -0.1) is 5.10 Å². The number of phenolic OH excluding ortho intramolecular Hbond substituents is 1. The number of aromatic hydroxyl groups is 1. The fraction of sp³-hybridized carbons (Fsp3) is 0.259. The van der Waals surface area contributed by atoms with Crippen LogP contribution < -0.4 is 4.90 Å². The lowest BCUT2D eigenvalue weighted by Crippen LogP contribution is -2.48. The van der Waals surface area contributed by atoms with Crippen molar-refractivity contribution >= 4 is 26.7 Å². The minimum absolute atomic E-state index is 0.103. The van der Waals surface area contributed by atoms with Crippen LogP contribution in [0.2, 0.25) is 0 Å². The van der Waals surface area contributed by atoms with Crippen LogP contribution >= 0.6 is 11.3 Å². The van der Waals surface area contributed by atoms with E-state index in [9.17, 15) is 5.11 Å². The van der Waals surface area contributed by atoms with Gasteiger partial charge in [0, 0.05) is 32.7 Å². The second kappa shape index (κ2) is 10.0. The highest BCUT2D eigenvalue weighted by Gasteiger charge is 2.31. The molecule has 0 radical (unpaired) electrons. The van der Waals surface area contributed by atoms with Gasteiger partial charge in [-0.2, -0.15) is 0 Å². The van der Waals surface area contributed by atoms with Gasteiger partial charge in [-0.25, -0.2) is 9.67 Å². The Labute approximate surface area is 213 Å². The predicted octanol–water partition coefficient (Wildman–Crippen LogP) is 4.14. The molecule has 8 nitrogen and oxygen atoms in total. The van der Waals surface area contributed by atoms with E-state index >= 15 is 0 Å². The third-order valence-electron chi connectivity index (χ3n) is 6.70. The first-order chi connectivity index (χ1) is 17.7. The van der Waals surface area contributed by atoms with E-state index in [0.717, 1.165) is 54.6 Å². The van der Waals surface area contributed by atoms with Crippen molar-refractivity contribution in [2.45, 2.75) is 19.0 Å². The molecule has 0 bridgehead atoms. The summed E-state index contributed by atoms with van der Waals surface area (Å²) in [7, 11) is 0. The first-order valence-electron chi connectivity index (χ1n) is 12.2. The molecule has 0 spiro atoms. The number of rotatable bonds is 7. The van der Waals surface area contributed by atoms with Gasteiger partial charge in [0.2, 0.25) is 0 Å². The summed E-state index contributed by atoms with van der Waals surface area (Å²) in [4.78, 5) is 9.65. The summed E-state index contributed by atoms with van der Waals surface area (Å²) in [6, 6.07) is 26.0. The van der Waals surface area contributed by atoms with Crippen molar-refractivity contribution in [2.75, 3.05) is 31.1 Å². The van der Waals surface area contributed by atoms with E-state index in [1.54, 1.807) is 23.5 Å². The predicted molar refractivity (Wildman–Crippen MR) is 141 cm³/mol. The van der Waals surface area contributed by atoms with Crippen molar-refractivity contribution in [1.29, 1.82) is 0 Å². The Morgan fingerprint density at radius 2 is 1.61 bits per heavy atom. The first-order valence-corrected chi connectivity index (χ1v) is 13.0. The zero-order valence-electron chi connectivity index (χ0n) is 19.8. The molecule has 182 valence electrons. The van der Waals surface area contributed by atoms with Gasteiger partial charge in [0.25, 0.3) is 0 Å². The molecule has 1 N–H and O–H groups in total. The van der Waals surface area contributed by atoms with Crippen LogP contribution in [-0.2, 0) is 13.0 Å². The molecule has 1 saturated heterocycles. The largest absolute Gasteiger partial charge is 0.508 e. The topological polar surface area (TPSA) is 83.2 Å². The van der Waals surface area contributed by atoms with E-state index in [4.69, 9.17) is 4.98 Å². The second-order valence-corrected chi connectivity index (χ2v) is 9.99. The Morgan fingerprint density at radius 3 is 2.39 bits per heavy atom. The molecule has 3 aromatic carbocycles. The van der Waals surface area contributed by atoms with Gasteiger partial charge in [0.05, 0.1) is 16.3 Å². The summed E-state index contributed by atoms with van der Waals surface area (Å²) in [6.07, 6.45) is 0.854. The zero-order chi connectivity index (χ0) is 24.3. The molecule has 9 heteroatoms. The third-order valence-corrected chi connectivity index (χ3v) is 7.80. The highest BCUT2D eigenvalue weighted by atomic mass is 32.1. The molecule has 1 aliphatic rings. The Hall–Kier alpha value is -3.82. The molecular weight excluding hydrogens is 470 g/mol. The van der Waals surface area contributed by atoms with Crippen LogP contribution in [0.4, 0.5) is 5.13 Å². The lowest BCUT2D eigenvalue weighted by Gasteiger charge is -2.38. The molecule has 6 rings (SSSR count). The second-order valence-electron chi connectivity index (χ2n) is 8.98. The fourth-order valence-corrected chi connectivity index (χ4v) is 5.81. The molecule has 0 unspecified atom stereocenters. The van der Waals surface area contributed by atoms with Crippen LogP contribution in [0.3, 0.4) is 0 Å². The number of aromatic nitrogens is 5. The average Bonchev–Trinajstić information content (AvgIpc) is 3.57. The van der Waals surface area contributed by atoms with Crippen molar-refractivity contribution in [3.05, 3.63) is 95.8 Å². The Morgan fingerprint density at radius 1 is 0.861 bits per heavy atom. The minimum atomic E-state index is -0.103. The van der Waals surface area contributed by atoms with Crippen LogP contribution in [0, 0.1) is 0 Å². The molecule has 0 aliphatic carbocycles. The number of hydrogen-bond donors (Lipinski definition) is 1. The maximum absolute atomic E-state index is 9.89. The van der Waals surface area contributed by atoms with Gasteiger partial charge in [0.1, 0.15) is 5.75 Å². The Bertz CT molecular complexity index is 1390. The molecule has 2 aromatic heterocycles. The number of thiazole rings is 1. The standard InChI is InChI=1S/C27H27N7OS/c35-22-12-10-21(11-13-22)25(26-29-30-31-34(26)15-14-20-6-2-1-3-7-20)32-16-18-33(19-17-32)27-28-23-8-4-5-9-24(23)36-27/h1-13,25,35H,14-19H2/t25-/m1/s1. The van der Waals surface area contributed by atoms with Crippen LogP contribution in [0.15, 0.2) is 78.9 Å². The summed E-state index contributed by atoms with van der Waals surface area (Å²) in [5, 5.41) is 23.8. The van der Waals surface area contributed by atoms with Crippen LogP contribution in [-0.4, -0.2) is 61.4 Å². The monoisotopic (exact) mass is 497 g/mol. The molecule has 3 heterocycles. The summed E-state index contributed by atoms with van der Waals surface area (Å²) in [5.74, 6) is 1.08. The lowest BCUT2D eigenvalue weighted by molar-refractivity contribution is 0.200. The number of fused-ring (bicyclic) bond motifs is 1.